The van der Waals surface area contributed by atoms with Crippen molar-refractivity contribution < 1.29 is 25.6 Å². The Balaban J connectivity index is 1.74. The number of nitriles is 1. The standard InChI is InChI=1S/C24H22F2N6O4S3/c1-13(2)38(33,34)15-6-4-14(5-7-15)17-10-16(39(35,36)31-24(12-27)8-9-24)11-18-19(30-32(3)20(17)18)22-28-29-23(37-22)21(25)26/h4-7,10-11,13,21,31H,8-9H2,1-3H3. The van der Waals surface area contributed by atoms with Crippen LogP contribution in [0.2, 0.25) is 0 Å². The predicted octanol–water partition coefficient (Wildman–Crippen LogP) is 4.21. The molecule has 2 aromatic heterocycles. The lowest BCUT2D eigenvalue weighted by molar-refractivity contribution is 0.150. The summed E-state index contributed by atoms with van der Waals surface area (Å²) in [6.07, 6.45) is -2.07. The highest BCUT2D eigenvalue weighted by Crippen LogP contribution is 2.40. The fourth-order valence-corrected chi connectivity index (χ4v) is 7.30. The second-order valence-electron chi connectivity index (χ2n) is 9.50. The van der Waals surface area contributed by atoms with E-state index < -0.39 is 42.1 Å². The zero-order chi connectivity index (χ0) is 28.3. The molecule has 1 N–H and O–H groups in total. The van der Waals surface area contributed by atoms with Gasteiger partial charge in [-0.2, -0.15) is 15.1 Å². The van der Waals surface area contributed by atoms with Crippen LogP contribution >= 0.6 is 11.3 Å². The van der Waals surface area contributed by atoms with Crippen molar-refractivity contribution in [2.75, 3.05) is 0 Å². The maximum absolute atomic E-state index is 13.4. The molecule has 1 aliphatic rings. The van der Waals surface area contributed by atoms with Crippen LogP contribution in [-0.2, 0) is 26.9 Å². The summed E-state index contributed by atoms with van der Waals surface area (Å²) in [7, 11) is -6.11. The molecule has 0 saturated heterocycles. The van der Waals surface area contributed by atoms with Gasteiger partial charge in [-0.05, 0) is 56.5 Å². The van der Waals surface area contributed by atoms with Crippen molar-refractivity contribution in [3.8, 4) is 27.9 Å². The quantitative estimate of drug-likeness (QED) is 0.320. The largest absolute Gasteiger partial charge is 0.291 e. The molecule has 0 atom stereocenters. The number of benzene rings is 2. The molecule has 0 unspecified atom stereocenters. The lowest BCUT2D eigenvalue weighted by atomic mass is 10.0. The van der Waals surface area contributed by atoms with Crippen molar-refractivity contribution >= 4 is 42.1 Å². The van der Waals surface area contributed by atoms with E-state index in [0.29, 0.717) is 46.2 Å². The number of fused-ring (bicyclic) bond motifs is 1. The number of aryl methyl sites for hydroxylation is 1. The lowest BCUT2D eigenvalue weighted by Gasteiger charge is -2.14. The molecule has 2 aromatic carbocycles. The van der Waals surface area contributed by atoms with Crippen LogP contribution in [0, 0.1) is 11.3 Å². The molecule has 204 valence electrons. The first-order valence-electron chi connectivity index (χ1n) is 11.7. The van der Waals surface area contributed by atoms with E-state index >= 15 is 0 Å². The van der Waals surface area contributed by atoms with Gasteiger partial charge >= 0.3 is 0 Å². The minimum absolute atomic E-state index is 0.0819. The summed E-state index contributed by atoms with van der Waals surface area (Å²) >= 11 is 0.645. The van der Waals surface area contributed by atoms with Crippen molar-refractivity contribution in [3.05, 3.63) is 41.4 Å². The average molecular weight is 593 g/mol. The zero-order valence-electron chi connectivity index (χ0n) is 20.9. The molecule has 5 rings (SSSR count). The molecular formula is C24H22F2N6O4S3. The Kier molecular flexibility index (Phi) is 6.57. The van der Waals surface area contributed by atoms with Crippen LogP contribution in [0.3, 0.4) is 0 Å². The number of nitrogens with one attached hydrogen (secondary N) is 1. The third-order valence-corrected chi connectivity index (χ3v) is 11.1. The number of sulfone groups is 1. The Hall–Kier alpha value is -3.32. The molecule has 15 heteroatoms. The van der Waals surface area contributed by atoms with E-state index in [1.807, 2.05) is 6.07 Å². The maximum atomic E-state index is 13.4. The second kappa shape index (κ2) is 9.40. The number of alkyl halides is 2. The van der Waals surface area contributed by atoms with E-state index in [1.54, 1.807) is 33.0 Å². The summed E-state index contributed by atoms with van der Waals surface area (Å²) in [4.78, 5) is -0.0510. The van der Waals surface area contributed by atoms with Gasteiger partial charge in [0.05, 0.1) is 26.6 Å². The van der Waals surface area contributed by atoms with Gasteiger partial charge in [-0.25, -0.2) is 25.6 Å². The maximum Gasteiger partial charge on any atom is 0.291 e. The van der Waals surface area contributed by atoms with Gasteiger partial charge < -0.3 is 0 Å². The van der Waals surface area contributed by atoms with E-state index in [2.05, 4.69) is 20.0 Å². The molecule has 1 fully saturated rings. The van der Waals surface area contributed by atoms with E-state index in [9.17, 15) is 30.9 Å². The first-order valence-corrected chi connectivity index (χ1v) is 15.5. The molecule has 0 amide bonds. The van der Waals surface area contributed by atoms with Crippen LogP contribution in [0.5, 0.6) is 0 Å². The van der Waals surface area contributed by atoms with E-state index in [0.717, 1.165) is 0 Å². The number of hydrogen-bond donors (Lipinski definition) is 1. The molecule has 0 spiro atoms. The summed E-state index contributed by atoms with van der Waals surface area (Å²) in [5.74, 6) is 0. The highest BCUT2D eigenvalue weighted by atomic mass is 32.2. The number of aromatic nitrogens is 4. The summed E-state index contributed by atoms with van der Waals surface area (Å²) in [5, 5.41) is 20.5. The van der Waals surface area contributed by atoms with Gasteiger partial charge in [0, 0.05) is 18.0 Å². The van der Waals surface area contributed by atoms with Crippen molar-refractivity contribution in [1.29, 1.82) is 5.26 Å². The van der Waals surface area contributed by atoms with Crippen LogP contribution in [0.25, 0.3) is 32.7 Å². The summed E-state index contributed by atoms with van der Waals surface area (Å²) in [6, 6.07) is 10.8. The van der Waals surface area contributed by atoms with Crippen molar-refractivity contribution in [2.45, 2.75) is 53.7 Å². The molecule has 39 heavy (non-hydrogen) atoms. The lowest BCUT2D eigenvalue weighted by Crippen LogP contribution is -2.35. The summed E-state index contributed by atoms with van der Waals surface area (Å²) in [5.41, 5.74) is 0.364. The minimum atomic E-state index is -4.19. The van der Waals surface area contributed by atoms with E-state index in [-0.39, 0.29) is 20.5 Å². The summed E-state index contributed by atoms with van der Waals surface area (Å²) in [6.45, 7) is 3.15. The van der Waals surface area contributed by atoms with Gasteiger partial charge in [-0.1, -0.05) is 23.5 Å². The molecule has 0 radical (unpaired) electrons. The highest BCUT2D eigenvalue weighted by molar-refractivity contribution is 7.92. The molecule has 10 nitrogen and oxygen atoms in total. The Bertz CT molecular complexity index is 1850. The molecule has 1 saturated carbocycles. The Morgan fingerprint density at radius 2 is 1.74 bits per heavy atom. The van der Waals surface area contributed by atoms with E-state index in [1.165, 1.54) is 28.9 Å². The van der Waals surface area contributed by atoms with Crippen LogP contribution in [0.4, 0.5) is 8.78 Å². The molecule has 4 aromatic rings. The van der Waals surface area contributed by atoms with Gasteiger partial charge in [0.2, 0.25) is 10.0 Å². The average Bonchev–Trinajstić information content (AvgIpc) is 3.31. The molecular weight excluding hydrogens is 570 g/mol. The zero-order valence-corrected chi connectivity index (χ0v) is 23.3. The van der Waals surface area contributed by atoms with Crippen molar-refractivity contribution in [3.63, 3.8) is 0 Å². The Morgan fingerprint density at radius 1 is 1.08 bits per heavy atom. The third kappa shape index (κ3) is 4.82. The van der Waals surface area contributed by atoms with Crippen molar-refractivity contribution in [2.24, 2.45) is 7.05 Å². The predicted molar refractivity (Wildman–Crippen MR) is 140 cm³/mol. The second-order valence-corrected chi connectivity index (χ2v) is 14.7. The Labute approximate surface area is 227 Å². The number of hydrogen-bond acceptors (Lipinski definition) is 9. The molecule has 2 heterocycles. The van der Waals surface area contributed by atoms with Gasteiger partial charge in [-0.15, -0.1) is 10.2 Å². The fourth-order valence-electron chi connectivity index (χ4n) is 4.12. The number of sulfonamides is 1. The SMILES string of the molecule is CC(C)S(=O)(=O)c1ccc(-c2cc(S(=O)(=O)NC3(C#N)CC3)cc3c(-c4nnc(C(F)F)s4)nn(C)c23)cc1. The molecule has 0 bridgehead atoms. The first-order chi connectivity index (χ1) is 18.3. The fraction of sp³-hybridized carbons (Fsp3) is 0.333. The number of rotatable bonds is 8. The van der Waals surface area contributed by atoms with Gasteiger partial charge in [0.25, 0.3) is 6.43 Å². The van der Waals surface area contributed by atoms with Gasteiger partial charge in [-0.3, -0.25) is 4.68 Å². The van der Waals surface area contributed by atoms with Crippen LogP contribution in [0.1, 0.15) is 38.1 Å². The Morgan fingerprint density at radius 3 is 2.28 bits per heavy atom. The van der Waals surface area contributed by atoms with Crippen LogP contribution < -0.4 is 4.72 Å². The topological polar surface area (TPSA) is 148 Å². The molecule has 1 aliphatic carbocycles. The van der Waals surface area contributed by atoms with Crippen molar-refractivity contribution in [1.82, 2.24) is 24.7 Å². The monoisotopic (exact) mass is 592 g/mol. The normalized spacial score (nSPS) is 15.2. The third-order valence-electron chi connectivity index (χ3n) is 6.46. The van der Waals surface area contributed by atoms with Gasteiger partial charge in [0.15, 0.2) is 19.9 Å². The molecule has 0 aliphatic heterocycles. The smallest absolute Gasteiger partial charge is 0.267 e. The highest BCUT2D eigenvalue weighted by Gasteiger charge is 2.47. The van der Waals surface area contributed by atoms with E-state index in [4.69, 9.17) is 0 Å². The minimum Gasteiger partial charge on any atom is -0.267 e. The summed E-state index contributed by atoms with van der Waals surface area (Å²) < 4.78 is 82.4. The van der Waals surface area contributed by atoms with Gasteiger partial charge in [0.1, 0.15) is 11.2 Å². The first kappa shape index (κ1) is 27.3. The van der Waals surface area contributed by atoms with Crippen LogP contribution in [0.15, 0.2) is 46.2 Å². The van der Waals surface area contributed by atoms with Crippen LogP contribution in [-0.4, -0.2) is 47.6 Å². The number of halogens is 2. The number of nitrogens with zero attached hydrogens (tertiary/aromatic N) is 5.